The third kappa shape index (κ3) is 6.29. The highest BCUT2D eigenvalue weighted by Gasteiger charge is 2.45. The summed E-state index contributed by atoms with van der Waals surface area (Å²) in [7, 11) is 0. The van der Waals surface area contributed by atoms with Crippen LogP contribution in [0.4, 0.5) is 13.2 Å². The van der Waals surface area contributed by atoms with Gasteiger partial charge in [-0.05, 0) is 63.2 Å². The summed E-state index contributed by atoms with van der Waals surface area (Å²) in [6.07, 6.45) is 2.48. The molecule has 0 bridgehead atoms. The standard InChI is InChI=1S/C23H29N3O2.C2HF3O2/c27-22(20-12-19-6-1-2-7-21(19)24-14-20)26-11-5-8-23(17-26)13-18(16-28-23)15-25-9-3-4-10-25;3-2(4,5)1(6)7/h1-2,6-7,12,14,18H,3-5,8-11,13,15-17H2;(H,6,7). The number of carboxylic acids is 1. The van der Waals surface area contributed by atoms with E-state index in [0.717, 1.165) is 56.4 Å². The fraction of sp³-hybridized carbons (Fsp3) is 0.560. The Morgan fingerprint density at radius 2 is 1.86 bits per heavy atom. The van der Waals surface area contributed by atoms with Gasteiger partial charge in [-0.2, -0.15) is 13.2 Å². The topological polar surface area (TPSA) is 83.0 Å². The van der Waals surface area contributed by atoms with Crippen LogP contribution in [0.1, 0.15) is 42.5 Å². The van der Waals surface area contributed by atoms with Crippen molar-refractivity contribution in [2.75, 3.05) is 39.3 Å². The smallest absolute Gasteiger partial charge is 0.475 e. The molecule has 2 unspecified atom stereocenters. The van der Waals surface area contributed by atoms with Gasteiger partial charge in [0.2, 0.25) is 0 Å². The molecule has 0 saturated carbocycles. The van der Waals surface area contributed by atoms with E-state index in [1.54, 1.807) is 6.20 Å². The number of pyridine rings is 1. The lowest BCUT2D eigenvalue weighted by atomic mass is 9.86. The number of para-hydroxylation sites is 1. The molecule has 10 heteroatoms. The van der Waals surface area contributed by atoms with Gasteiger partial charge in [-0.1, -0.05) is 18.2 Å². The minimum Gasteiger partial charge on any atom is -0.475 e. The van der Waals surface area contributed by atoms with Crippen molar-refractivity contribution in [3.8, 4) is 0 Å². The number of aliphatic carboxylic acids is 1. The Hall–Kier alpha value is -2.72. The molecule has 1 amide bonds. The van der Waals surface area contributed by atoms with Crippen molar-refractivity contribution in [3.05, 3.63) is 42.1 Å². The van der Waals surface area contributed by atoms with E-state index in [9.17, 15) is 18.0 Å². The Morgan fingerprint density at radius 3 is 2.57 bits per heavy atom. The minimum atomic E-state index is -5.08. The second kappa shape index (κ2) is 10.5. The largest absolute Gasteiger partial charge is 0.490 e. The van der Waals surface area contributed by atoms with E-state index in [0.29, 0.717) is 11.5 Å². The molecule has 7 nitrogen and oxygen atoms in total. The number of likely N-dealkylation sites (tertiary alicyclic amines) is 2. The number of alkyl halides is 3. The number of carbonyl (C=O) groups excluding carboxylic acids is 1. The molecule has 1 N–H and O–H groups in total. The van der Waals surface area contributed by atoms with E-state index in [1.807, 2.05) is 35.2 Å². The third-order valence-corrected chi connectivity index (χ3v) is 6.91. The first-order valence-corrected chi connectivity index (χ1v) is 12.0. The van der Waals surface area contributed by atoms with E-state index in [4.69, 9.17) is 14.6 Å². The fourth-order valence-electron chi connectivity index (χ4n) is 5.31. The van der Waals surface area contributed by atoms with Crippen LogP contribution in [0, 0.1) is 5.92 Å². The quantitative estimate of drug-likeness (QED) is 0.697. The molecule has 3 aliphatic heterocycles. The third-order valence-electron chi connectivity index (χ3n) is 6.91. The maximum Gasteiger partial charge on any atom is 0.490 e. The number of ether oxygens (including phenoxy) is 1. The molecule has 5 rings (SSSR count). The van der Waals surface area contributed by atoms with Crippen molar-refractivity contribution in [1.82, 2.24) is 14.8 Å². The zero-order valence-corrected chi connectivity index (χ0v) is 19.5. The molecule has 3 aliphatic rings. The number of piperidine rings is 1. The van der Waals surface area contributed by atoms with Gasteiger partial charge in [-0.15, -0.1) is 0 Å². The van der Waals surface area contributed by atoms with Gasteiger partial charge in [0.15, 0.2) is 0 Å². The molecule has 1 aromatic carbocycles. The van der Waals surface area contributed by atoms with Gasteiger partial charge in [-0.25, -0.2) is 4.79 Å². The second-order valence-corrected chi connectivity index (χ2v) is 9.62. The minimum absolute atomic E-state index is 0.0870. The predicted molar refractivity (Wildman–Crippen MR) is 123 cm³/mol. The van der Waals surface area contributed by atoms with Gasteiger partial charge in [0.05, 0.1) is 23.3 Å². The summed E-state index contributed by atoms with van der Waals surface area (Å²) in [6, 6.07) is 9.92. The number of rotatable bonds is 3. The highest BCUT2D eigenvalue weighted by molar-refractivity contribution is 5.97. The number of benzene rings is 1. The van der Waals surface area contributed by atoms with Crippen LogP contribution in [0.25, 0.3) is 10.9 Å². The van der Waals surface area contributed by atoms with Gasteiger partial charge in [0, 0.05) is 31.2 Å². The number of halogens is 3. The summed E-state index contributed by atoms with van der Waals surface area (Å²) in [4.78, 5) is 31.1. The van der Waals surface area contributed by atoms with Crippen LogP contribution in [-0.2, 0) is 9.53 Å². The molecule has 0 radical (unpaired) electrons. The fourth-order valence-corrected chi connectivity index (χ4v) is 5.31. The first kappa shape index (κ1) is 25.4. The molecule has 0 aliphatic carbocycles. The summed E-state index contributed by atoms with van der Waals surface area (Å²) in [5.74, 6) is -2.06. The molecule has 3 fully saturated rings. The Morgan fingerprint density at radius 1 is 1.14 bits per heavy atom. The van der Waals surface area contributed by atoms with Gasteiger partial charge in [0.1, 0.15) is 0 Å². The van der Waals surface area contributed by atoms with E-state index < -0.39 is 12.1 Å². The van der Waals surface area contributed by atoms with Gasteiger partial charge in [0.25, 0.3) is 5.91 Å². The van der Waals surface area contributed by atoms with Crippen LogP contribution in [0.2, 0.25) is 0 Å². The van der Waals surface area contributed by atoms with Gasteiger partial charge in [-0.3, -0.25) is 9.78 Å². The average Bonchev–Trinajstić information content (AvgIpc) is 3.48. The summed E-state index contributed by atoms with van der Waals surface area (Å²) in [5.41, 5.74) is 1.48. The lowest BCUT2D eigenvalue weighted by Gasteiger charge is -2.40. The Bertz CT molecular complexity index is 1060. The van der Waals surface area contributed by atoms with E-state index in [2.05, 4.69) is 9.88 Å². The molecule has 190 valence electrons. The number of carbonyl (C=O) groups is 2. The lowest BCUT2D eigenvalue weighted by Crippen LogP contribution is -2.50. The van der Waals surface area contributed by atoms with Crippen LogP contribution in [0.5, 0.6) is 0 Å². The first-order valence-electron chi connectivity index (χ1n) is 12.0. The number of nitrogens with zero attached hydrogens (tertiary/aromatic N) is 3. The molecule has 4 heterocycles. The average molecular weight is 494 g/mol. The molecule has 1 aromatic heterocycles. The molecule has 2 aromatic rings. The van der Waals surface area contributed by atoms with Crippen LogP contribution >= 0.6 is 0 Å². The van der Waals surface area contributed by atoms with E-state index in [1.165, 1.54) is 25.9 Å². The normalized spacial score (nSPS) is 25.0. The predicted octanol–water partition coefficient (Wildman–Crippen LogP) is 3.98. The Kier molecular flexibility index (Phi) is 7.61. The summed E-state index contributed by atoms with van der Waals surface area (Å²) in [6.45, 7) is 6.01. The number of hydrogen-bond acceptors (Lipinski definition) is 5. The van der Waals surface area contributed by atoms with Crippen molar-refractivity contribution in [1.29, 1.82) is 0 Å². The van der Waals surface area contributed by atoms with Crippen LogP contribution < -0.4 is 0 Å². The lowest BCUT2D eigenvalue weighted by molar-refractivity contribution is -0.192. The zero-order valence-electron chi connectivity index (χ0n) is 19.5. The van der Waals surface area contributed by atoms with Crippen molar-refractivity contribution in [2.24, 2.45) is 5.92 Å². The Labute approximate surface area is 201 Å². The number of amides is 1. The van der Waals surface area contributed by atoms with E-state index in [-0.39, 0.29) is 11.5 Å². The van der Waals surface area contributed by atoms with Crippen molar-refractivity contribution in [3.63, 3.8) is 0 Å². The molecular weight excluding hydrogens is 463 g/mol. The summed E-state index contributed by atoms with van der Waals surface area (Å²) >= 11 is 0. The van der Waals surface area contributed by atoms with Gasteiger partial charge >= 0.3 is 12.1 Å². The van der Waals surface area contributed by atoms with Gasteiger partial charge < -0.3 is 19.6 Å². The highest BCUT2D eigenvalue weighted by atomic mass is 19.4. The van der Waals surface area contributed by atoms with E-state index >= 15 is 0 Å². The SMILES string of the molecule is O=C(O)C(F)(F)F.O=C(c1cnc2ccccc2c1)N1CCCC2(CC(CN3CCCC3)CO2)C1. The van der Waals surface area contributed by atoms with Crippen LogP contribution in [0.3, 0.4) is 0 Å². The molecule has 2 atom stereocenters. The number of aromatic nitrogens is 1. The maximum atomic E-state index is 13.2. The summed E-state index contributed by atoms with van der Waals surface area (Å²) < 4.78 is 38.1. The molecule has 1 spiro atoms. The number of carboxylic acid groups (broad SMARTS) is 1. The Balaban J connectivity index is 0.000000364. The zero-order chi connectivity index (χ0) is 25.1. The highest BCUT2D eigenvalue weighted by Crippen LogP contribution is 2.38. The molecular formula is C25H30F3N3O4. The monoisotopic (exact) mass is 493 g/mol. The molecule has 35 heavy (non-hydrogen) atoms. The van der Waals surface area contributed by atoms with Crippen molar-refractivity contribution >= 4 is 22.8 Å². The first-order chi connectivity index (χ1) is 16.7. The second-order valence-electron chi connectivity index (χ2n) is 9.62. The number of hydrogen-bond donors (Lipinski definition) is 1. The van der Waals surface area contributed by atoms with Crippen LogP contribution in [0.15, 0.2) is 36.5 Å². The van der Waals surface area contributed by atoms with Crippen molar-refractivity contribution in [2.45, 2.75) is 43.9 Å². The molecule has 3 saturated heterocycles. The number of fused-ring (bicyclic) bond motifs is 1. The van der Waals surface area contributed by atoms with Crippen LogP contribution in [-0.4, -0.2) is 82.9 Å². The summed E-state index contributed by atoms with van der Waals surface area (Å²) in [5, 5.41) is 8.14. The van der Waals surface area contributed by atoms with Crippen molar-refractivity contribution < 1.29 is 32.6 Å². The maximum absolute atomic E-state index is 13.2.